The fourth-order valence-corrected chi connectivity index (χ4v) is 3.79. The lowest BCUT2D eigenvalue weighted by atomic mass is 9.76. The first-order chi connectivity index (χ1) is 9.10. The van der Waals surface area contributed by atoms with E-state index in [2.05, 4.69) is 65.4 Å². The van der Waals surface area contributed by atoms with Crippen LogP contribution in [0, 0.1) is 5.92 Å². The molecule has 0 spiro atoms. The molecule has 19 heavy (non-hydrogen) atoms. The number of benzene rings is 1. The van der Waals surface area contributed by atoms with Crippen LogP contribution in [0.25, 0.3) is 6.08 Å². The second-order valence-electron chi connectivity index (χ2n) is 6.15. The third kappa shape index (κ3) is 2.28. The summed E-state index contributed by atoms with van der Waals surface area (Å²) in [7, 11) is 3.91. The molecule has 0 aromatic heterocycles. The van der Waals surface area contributed by atoms with Gasteiger partial charge in [-0.1, -0.05) is 54.9 Å². The molecule has 0 aliphatic heterocycles. The van der Waals surface area contributed by atoms with Crippen LogP contribution in [0.4, 0.5) is 0 Å². The lowest BCUT2D eigenvalue weighted by Gasteiger charge is -2.42. The Balaban J connectivity index is 1.83. The van der Waals surface area contributed by atoms with E-state index in [1.807, 2.05) is 0 Å². The van der Waals surface area contributed by atoms with E-state index >= 15 is 0 Å². The topological polar surface area (TPSA) is 12.0 Å². The lowest BCUT2D eigenvalue weighted by molar-refractivity contribution is 0.351. The van der Waals surface area contributed by atoms with Gasteiger partial charge < -0.3 is 0 Å². The summed E-state index contributed by atoms with van der Waals surface area (Å²) in [4.78, 5) is 0. The van der Waals surface area contributed by atoms with E-state index in [-0.39, 0.29) is 5.54 Å². The molecule has 3 atom stereocenters. The van der Waals surface area contributed by atoms with Gasteiger partial charge in [-0.15, -0.1) is 0 Å². The highest BCUT2D eigenvalue weighted by Crippen LogP contribution is 2.34. The van der Waals surface area contributed by atoms with Crippen LogP contribution in [0.5, 0.6) is 0 Å². The van der Waals surface area contributed by atoms with Gasteiger partial charge in [-0.2, -0.15) is 0 Å². The molecular weight excluding hydrogens is 246 g/mol. The van der Waals surface area contributed by atoms with Crippen LogP contribution in [0.2, 0.25) is 0 Å². The molecule has 1 fully saturated rings. The van der Waals surface area contributed by atoms with Gasteiger partial charge in [0.1, 0.15) is 0 Å². The van der Waals surface area contributed by atoms with Gasteiger partial charge in [-0.05, 0) is 36.8 Å². The predicted octanol–water partition coefficient (Wildman–Crippen LogP) is 3.26. The molecular formula is C17H21NSi. The number of fused-ring (bicyclic) bond motifs is 1. The van der Waals surface area contributed by atoms with Crippen molar-refractivity contribution in [3.05, 3.63) is 41.5 Å². The summed E-state index contributed by atoms with van der Waals surface area (Å²) in [5.41, 5.74) is 2.85. The quantitative estimate of drug-likeness (QED) is 0.811. The standard InChI is InChI=1S/C17H21NSi/c1-12-6-5-11-17(2,16(12)19)18-15-10-9-13-7-3-4-8-14(13)15/h3-4,7-10,12,15,18H,5-6,11H2,1-2H3. The van der Waals surface area contributed by atoms with E-state index in [0.717, 1.165) is 0 Å². The Kier molecular flexibility index (Phi) is 3.31. The third-order valence-corrected chi connectivity index (χ3v) is 5.72. The van der Waals surface area contributed by atoms with Crippen molar-refractivity contribution >= 4 is 21.1 Å². The SMILES string of the molecule is CC1CCCC(C)(NC2C=Cc3ccccc32)C1=[Si]. The largest absolute Gasteiger partial charge is 0.298 e. The minimum absolute atomic E-state index is 0.0982. The first-order valence-electron chi connectivity index (χ1n) is 7.24. The van der Waals surface area contributed by atoms with Crippen LogP contribution in [-0.4, -0.2) is 20.6 Å². The molecule has 3 unspecified atom stereocenters. The van der Waals surface area contributed by atoms with E-state index in [4.69, 9.17) is 0 Å². The molecule has 1 nitrogen and oxygen atoms in total. The molecule has 2 aliphatic carbocycles. The second kappa shape index (κ2) is 4.84. The number of rotatable bonds is 2. The van der Waals surface area contributed by atoms with Gasteiger partial charge in [0.25, 0.3) is 0 Å². The molecule has 1 aromatic rings. The first-order valence-corrected chi connectivity index (χ1v) is 7.74. The van der Waals surface area contributed by atoms with Gasteiger partial charge in [-0.3, -0.25) is 5.32 Å². The smallest absolute Gasteiger partial charge is 0.0522 e. The summed E-state index contributed by atoms with van der Waals surface area (Å²) in [6.07, 6.45) is 8.33. The van der Waals surface area contributed by atoms with Crippen molar-refractivity contribution in [2.24, 2.45) is 5.92 Å². The summed E-state index contributed by atoms with van der Waals surface area (Å²) >= 11 is 0. The van der Waals surface area contributed by atoms with Crippen LogP contribution < -0.4 is 5.32 Å². The average Bonchev–Trinajstić information content (AvgIpc) is 2.80. The van der Waals surface area contributed by atoms with Crippen LogP contribution in [0.3, 0.4) is 0 Å². The Morgan fingerprint density at radius 3 is 2.95 bits per heavy atom. The van der Waals surface area contributed by atoms with Gasteiger partial charge in [0.05, 0.1) is 6.04 Å². The normalized spacial score (nSPS) is 33.5. The summed E-state index contributed by atoms with van der Waals surface area (Å²) in [5, 5.41) is 5.29. The number of hydrogen-bond donors (Lipinski definition) is 1. The van der Waals surface area contributed by atoms with E-state index in [1.165, 1.54) is 35.6 Å². The second-order valence-corrected chi connectivity index (χ2v) is 6.69. The fourth-order valence-electron chi connectivity index (χ4n) is 3.45. The maximum absolute atomic E-state index is 3.91. The molecule has 2 radical (unpaired) electrons. The average molecular weight is 267 g/mol. The lowest BCUT2D eigenvalue weighted by Crippen LogP contribution is -2.54. The highest BCUT2D eigenvalue weighted by atomic mass is 28.1. The van der Waals surface area contributed by atoms with Crippen molar-refractivity contribution in [3.8, 4) is 0 Å². The van der Waals surface area contributed by atoms with Crippen LogP contribution in [0.1, 0.15) is 50.3 Å². The Morgan fingerprint density at radius 1 is 1.32 bits per heavy atom. The highest BCUT2D eigenvalue weighted by molar-refractivity contribution is 6.41. The monoisotopic (exact) mass is 267 g/mol. The zero-order chi connectivity index (χ0) is 13.5. The summed E-state index contributed by atoms with van der Waals surface area (Å²) in [5.74, 6) is 0.656. The Labute approximate surface area is 119 Å². The van der Waals surface area contributed by atoms with Crippen molar-refractivity contribution in [2.45, 2.75) is 44.7 Å². The van der Waals surface area contributed by atoms with Crippen LogP contribution in [0.15, 0.2) is 30.3 Å². The van der Waals surface area contributed by atoms with Crippen molar-refractivity contribution in [2.75, 3.05) is 0 Å². The van der Waals surface area contributed by atoms with Crippen molar-refractivity contribution < 1.29 is 0 Å². The van der Waals surface area contributed by atoms with Crippen LogP contribution in [-0.2, 0) is 0 Å². The Bertz CT molecular complexity index is 534. The molecule has 98 valence electrons. The van der Waals surface area contributed by atoms with Gasteiger partial charge in [0.2, 0.25) is 0 Å². The zero-order valence-corrected chi connectivity index (χ0v) is 12.7. The molecule has 1 saturated carbocycles. The Hall–Kier alpha value is -0.993. The molecule has 0 saturated heterocycles. The molecule has 1 aromatic carbocycles. The number of hydrogen-bond acceptors (Lipinski definition) is 1. The number of nitrogens with one attached hydrogen (secondary N) is 1. The summed E-state index contributed by atoms with van der Waals surface area (Å²) in [6.45, 7) is 4.65. The predicted molar refractivity (Wildman–Crippen MR) is 83.5 cm³/mol. The maximum Gasteiger partial charge on any atom is 0.0522 e. The summed E-state index contributed by atoms with van der Waals surface area (Å²) in [6, 6.07) is 9.01. The minimum Gasteiger partial charge on any atom is -0.298 e. The minimum atomic E-state index is 0.0982. The molecule has 0 amide bonds. The molecule has 2 aliphatic rings. The van der Waals surface area contributed by atoms with E-state index in [0.29, 0.717) is 12.0 Å². The zero-order valence-electron chi connectivity index (χ0n) is 11.7. The van der Waals surface area contributed by atoms with Crippen molar-refractivity contribution in [3.63, 3.8) is 0 Å². The van der Waals surface area contributed by atoms with Crippen LogP contribution >= 0.6 is 0 Å². The summed E-state index contributed by atoms with van der Waals surface area (Å²) < 4.78 is 0. The maximum atomic E-state index is 3.91. The Morgan fingerprint density at radius 2 is 2.11 bits per heavy atom. The van der Waals surface area contributed by atoms with E-state index in [1.54, 1.807) is 0 Å². The van der Waals surface area contributed by atoms with Gasteiger partial charge in [-0.25, -0.2) is 0 Å². The molecule has 0 bridgehead atoms. The van der Waals surface area contributed by atoms with Crippen molar-refractivity contribution in [1.29, 1.82) is 0 Å². The third-order valence-electron chi connectivity index (χ3n) is 4.67. The van der Waals surface area contributed by atoms with Gasteiger partial charge in [0, 0.05) is 15.4 Å². The molecule has 2 heteroatoms. The van der Waals surface area contributed by atoms with Gasteiger partial charge >= 0.3 is 0 Å². The molecule has 0 heterocycles. The van der Waals surface area contributed by atoms with E-state index < -0.39 is 0 Å². The molecule has 3 rings (SSSR count). The fraction of sp³-hybridized carbons (Fsp3) is 0.471. The molecule has 1 N–H and O–H groups in total. The van der Waals surface area contributed by atoms with Gasteiger partial charge in [0.15, 0.2) is 0 Å². The van der Waals surface area contributed by atoms with E-state index in [9.17, 15) is 0 Å². The highest BCUT2D eigenvalue weighted by Gasteiger charge is 2.36. The van der Waals surface area contributed by atoms with Crippen molar-refractivity contribution in [1.82, 2.24) is 5.32 Å². The first kappa shape index (κ1) is 13.0.